The summed E-state index contributed by atoms with van der Waals surface area (Å²) < 4.78 is 0. The highest BCUT2D eigenvalue weighted by Gasteiger charge is 2.44. The SMILES string of the molecule is CC(C)(C)[C@H]1Cc2ccc3ccccc3c2/C1=C1\c2c(ccc3ccccc23)C[C@@H]1C(C)(C)C. The quantitative estimate of drug-likeness (QED) is 0.253. The Morgan fingerprint density at radius 1 is 0.500 bits per heavy atom. The van der Waals surface area contributed by atoms with Gasteiger partial charge in [0.15, 0.2) is 0 Å². The van der Waals surface area contributed by atoms with E-state index in [1.54, 1.807) is 11.1 Å². The molecule has 0 bridgehead atoms. The van der Waals surface area contributed by atoms with Crippen molar-refractivity contribution in [1.82, 2.24) is 0 Å². The van der Waals surface area contributed by atoms with Crippen molar-refractivity contribution in [2.24, 2.45) is 22.7 Å². The van der Waals surface area contributed by atoms with E-state index in [1.807, 2.05) is 0 Å². The van der Waals surface area contributed by atoms with Gasteiger partial charge in [-0.3, -0.25) is 0 Å². The average Bonchev–Trinajstić information content (AvgIpc) is 3.38. The van der Waals surface area contributed by atoms with Crippen molar-refractivity contribution in [2.45, 2.75) is 54.4 Å². The lowest BCUT2D eigenvalue weighted by Gasteiger charge is -2.35. The number of hydrogen-bond donors (Lipinski definition) is 0. The maximum Gasteiger partial charge on any atom is -0.00632 e. The van der Waals surface area contributed by atoms with E-state index in [9.17, 15) is 0 Å². The van der Waals surface area contributed by atoms with E-state index >= 15 is 0 Å². The fourth-order valence-corrected chi connectivity index (χ4v) is 6.73. The molecule has 34 heavy (non-hydrogen) atoms. The minimum Gasteiger partial charge on any atom is -0.0616 e. The Labute approximate surface area is 204 Å². The maximum atomic E-state index is 2.44. The molecule has 172 valence electrons. The van der Waals surface area contributed by atoms with E-state index in [0.29, 0.717) is 11.8 Å². The average molecular weight is 445 g/mol. The smallest absolute Gasteiger partial charge is 0.00632 e. The summed E-state index contributed by atoms with van der Waals surface area (Å²) in [6, 6.07) is 27.5. The molecule has 2 aliphatic rings. The Morgan fingerprint density at radius 3 is 1.26 bits per heavy atom. The minimum atomic E-state index is 0.193. The molecular weight excluding hydrogens is 408 g/mol. The molecule has 0 spiro atoms. The predicted molar refractivity (Wildman–Crippen MR) is 148 cm³/mol. The zero-order valence-corrected chi connectivity index (χ0v) is 21.5. The van der Waals surface area contributed by atoms with Crippen LogP contribution in [0.2, 0.25) is 0 Å². The van der Waals surface area contributed by atoms with Crippen LogP contribution in [0.5, 0.6) is 0 Å². The standard InChI is InChI=1S/C34H36/c1-33(2,3)27-19-23-17-15-21-11-7-9-13-25(21)29(23)31(27)32-28(34(4,5)6)20-24-18-16-22-12-8-10-14-26(22)30(24)32/h7-18,27-28H,19-20H2,1-6H3/b32-31-/t27-,28-/m0/s1. The molecule has 0 amide bonds. The number of rotatable bonds is 0. The van der Waals surface area contributed by atoms with Gasteiger partial charge in [0.05, 0.1) is 0 Å². The van der Waals surface area contributed by atoms with Gasteiger partial charge in [-0.1, -0.05) is 114 Å². The molecular formula is C34H36. The third-order valence-corrected chi connectivity index (χ3v) is 8.50. The topological polar surface area (TPSA) is 0 Å². The Balaban J connectivity index is 1.80. The van der Waals surface area contributed by atoms with Gasteiger partial charge < -0.3 is 0 Å². The van der Waals surface area contributed by atoms with Gasteiger partial charge in [0, 0.05) is 0 Å². The lowest BCUT2D eigenvalue weighted by molar-refractivity contribution is 0.297. The number of benzene rings is 4. The van der Waals surface area contributed by atoms with Gasteiger partial charge in [0.1, 0.15) is 0 Å². The van der Waals surface area contributed by atoms with Crippen molar-refractivity contribution >= 4 is 32.7 Å². The summed E-state index contributed by atoms with van der Waals surface area (Å²) in [6.45, 7) is 14.7. The molecule has 0 heteroatoms. The third-order valence-electron chi connectivity index (χ3n) is 8.50. The molecule has 4 aromatic carbocycles. The molecule has 0 saturated carbocycles. The molecule has 0 saturated heterocycles. The molecule has 0 aromatic heterocycles. The van der Waals surface area contributed by atoms with Crippen LogP contribution in [0.1, 0.15) is 63.8 Å². The van der Waals surface area contributed by atoms with Crippen molar-refractivity contribution in [3.63, 3.8) is 0 Å². The van der Waals surface area contributed by atoms with E-state index in [-0.39, 0.29) is 10.8 Å². The van der Waals surface area contributed by atoms with Crippen LogP contribution in [0.3, 0.4) is 0 Å². The normalized spacial score (nSPS) is 22.4. The van der Waals surface area contributed by atoms with Crippen molar-refractivity contribution < 1.29 is 0 Å². The first kappa shape index (κ1) is 21.7. The second-order valence-corrected chi connectivity index (χ2v) is 12.7. The van der Waals surface area contributed by atoms with Crippen LogP contribution >= 0.6 is 0 Å². The van der Waals surface area contributed by atoms with Gasteiger partial charge in [-0.2, -0.15) is 0 Å². The fraction of sp³-hybridized carbons (Fsp3) is 0.353. The highest BCUT2D eigenvalue weighted by molar-refractivity contribution is 6.10. The molecule has 0 nitrogen and oxygen atoms in total. The Morgan fingerprint density at radius 2 is 0.882 bits per heavy atom. The second kappa shape index (κ2) is 7.32. The first-order valence-corrected chi connectivity index (χ1v) is 12.9. The predicted octanol–water partition coefficient (Wildman–Crippen LogP) is 9.34. The Kier molecular flexibility index (Phi) is 4.66. The number of fused-ring (bicyclic) bond motifs is 6. The molecule has 2 aliphatic carbocycles. The summed E-state index contributed by atoms with van der Waals surface area (Å²) in [7, 11) is 0. The Hall–Kier alpha value is -2.86. The third kappa shape index (κ3) is 3.18. The van der Waals surface area contributed by atoms with Crippen LogP contribution in [0.15, 0.2) is 72.8 Å². The molecule has 0 fully saturated rings. The zero-order valence-electron chi connectivity index (χ0n) is 21.5. The lowest BCUT2D eigenvalue weighted by Crippen LogP contribution is -2.24. The van der Waals surface area contributed by atoms with Crippen LogP contribution in [0, 0.1) is 22.7 Å². The summed E-state index contributed by atoms with van der Waals surface area (Å²) in [5.41, 5.74) is 9.77. The van der Waals surface area contributed by atoms with Crippen molar-refractivity contribution in [3.05, 3.63) is 95.1 Å². The first-order chi connectivity index (χ1) is 16.1. The van der Waals surface area contributed by atoms with Gasteiger partial charge in [-0.05, 0) is 90.5 Å². The molecule has 2 atom stereocenters. The van der Waals surface area contributed by atoms with Gasteiger partial charge in [0.25, 0.3) is 0 Å². The summed E-state index contributed by atoms with van der Waals surface area (Å²) in [5, 5.41) is 5.57. The zero-order chi connectivity index (χ0) is 23.8. The molecule has 0 unspecified atom stereocenters. The molecule has 6 rings (SSSR count). The minimum absolute atomic E-state index is 0.193. The largest absolute Gasteiger partial charge is 0.0616 e. The van der Waals surface area contributed by atoms with Crippen LogP contribution in [0.4, 0.5) is 0 Å². The van der Waals surface area contributed by atoms with Gasteiger partial charge in [-0.15, -0.1) is 0 Å². The number of hydrogen-bond acceptors (Lipinski definition) is 0. The highest BCUT2D eigenvalue weighted by atomic mass is 14.5. The summed E-state index contributed by atoms with van der Waals surface area (Å²) >= 11 is 0. The monoisotopic (exact) mass is 444 g/mol. The fourth-order valence-electron chi connectivity index (χ4n) is 6.73. The second-order valence-electron chi connectivity index (χ2n) is 12.7. The van der Waals surface area contributed by atoms with E-state index in [1.165, 1.54) is 43.8 Å². The van der Waals surface area contributed by atoms with E-state index in [2.05, 4.69) is 114 Å². The lowest BCUT2D eigenvalue weighted by atomic mass is 9.69. The summed E-state index contributed by atoms with van der Waals surface area (Å²) in [5.74, 6) is 1.02. The Bertz CT molecular complexity index is 1350. The highest BCUT2D eigenvalue weighted by Crippen LogP contribution is 2.58. The van der Waals surface area contributed by atoms with Crippen LogP contribution in [0.25, 0.3) is 32.7 Å². The van der Waals surface area contributed by atoms with E-state index in [4.69, 9.17) is 0 Å². The van der Waals surface area contributed by atoms with Crippen molar-refractivity contribution in [3.8, 4) is 0 Å². The molecule has 0 aliphatic heterocycles. The van der Waals surface area contributed by atoms with E-state index in [0.717, 1.165) is 12.8 Å². The van der Waals surface area contributed by atoms with Crippen LogP contribution in [-0.4, -0.2) is 0 Å². The number of allylic oxidation sites excluding steroid dienone is 2. The van der Waals surface area contributed by atoms with Crippen molar-refractivity contribution in [2.75, 3.05) is 0 Å². The summed E-state index contributed by atoms with van der Waals surface area (Å²) in [6.07, 6.45) is 2.28. The van der Waals surface area contributed by atoms with Gasteiger partial charge >= 0.3 is 0 Å². The van der Waals surface area contributed by atoms with Crippen LogP contribution in [-0.2, 0) is 12.8 Å². The molecule has 0 N–H and O–H groups in total. The molecule has 0 heterocycles. The van der Waals surface area contributed by atoms with Gasteiger partial charge in [0.2, 0.25) is 0 Å². The molecule has 4 aromatic rings. The maximum absolute atomic E-state index is 2.44. The van der Waals surface area contributed by atoms with Crippen LogP contribution < -0.4 is 0 Å². The van der Waals surface area contributed by atoms with E-state index < -0.39 is 0 Å². The van der Waals surface area contributed by atoms with Crippen molar-refractivity contribution in [1.29, 1.82) is 0 Å². The van der Waals surface area contributed by atoms with Gasteiger partial charge in [-0.25, -0.2) is 0 Å². The summed E-state index contributed by atoms with van der Waals surface area (Å²) in [4.78, 5) is 0. The first-order valence-electron chi connectivity index (χ1n) is 12.9. The molecule has 0 radical (unpaired) electrons.